The molecular weight excluding hydrogens is 418 g/mol. The van der Waals surface area contributed by atoms with E-state index in [1.54, 1.807) is 24.1 Å². The largest absolute Gasteiger partial charge is 0.383 e. The van der Waals surface area contributed by atoms with Crippen LogP contribution in [0.5, 0.6) is 0 Å². The second kappa shape index (κ2) is 11.1. The summed E-state index contributed by atoms with van der Waals surface area (Å²) in [5.74, 6) is 0.784. The molecule has 180 valence electrons. The Kier molecular flexibility index (Phi) is 8.02. The maximum absolute atomic E-state index is 13.2. The number of nitrogens with zero attached hydrogens (tertiary/aromatic N) is 1. The SMILES string of the molecule is COCCn1cc(C(=O)NC[C@@H]2C[C@H]3C=C[C@@H]2C3)c(=O)c(C(=O)NC2CCCCCCC2)c1. The van der Waals surface area contributed by atoms with Gasteiger partial charge in [-0.1, -0.05) is 44.3 Å². The highest BCUT2D eigenvalue weighted by molar-refractivity contribution is 5.99. The van der Waals surface area contributed by atoms with Crippen LogP contribution in [0.15, 0.2) is 29.3 Å². The molecule has 1 aromatic heterocycles. The molecule has 0 aliphatic heterocycles. The Morgan fingerprint density at radius 3 is 2.33 bits per heavy atom. The molecule has 4 rings (SSSR count). The topological polar surface area (TPSA) is 89.4 Å². The summed E-state index contributed by atoms with van der Waals surface area (Å²) in [6.07, 6.45) is 17.5. The number of carbonyl (C=O) groups is 2. The minimum Gasteiger partial charge on any atom is -0.383 e. The van der Waals surface area contributed by atoms with E-state index in [1.165, 1.54) is 25.7 Å². The maximum atomic E-state index is 13.2. The van der Waals surface area contributed by atoms with Crippen LogP contribution in [0.3, 0.4) is 0 Å². The Morgan fingerprint density at radius 2 is 1.70 bits per heavy atom. The number of aromatic nitrogens is 1. The van der Waals surface area contributed by atoms with Gasteiger partial charge in [-0.15, -0.1) is 0 Å². The average Bonchev–Trinajstić information content (AvgIpc) is 3.42. The van der Waals surface area contributed by atoms with E-state index in [4.69, 9.17) is 4.74 Å². The van der Waals surface area contributed by atoms with E-state index >= 15 is 0 Å². The van der Waals surface area contributed by atoms with Gasteiger partial charge in [0, 0.05) is 38.6 Å². The Morgan fingerprint density at radius 1 is 1.00 bits per heavy atom. The number of ether oxygens (including phenoxy) is 1. The lowest BCUT2D eigenvalue weighted by atomic mass is 9.93. The summed E-state index contributed by atoms with van der Waals surface area (Å²) >= 11 is 0. The number of amides is 2. The molecule has 2 amide bonds. The molecule has 2 bridgehead atoms. The average molecular weight is 456 g/mol. The summed E-state index contributed by atoms with van der Waals surface area (Å²) in [7, 11) is 1.60. The van der Waals surface area contributed by atoms with Crippen LogP contribution in [0, 0.1) is 17.8 Å². The number of carbonyl (C=O) groups excluding carboxylic acids is 2. The second-order valence-electron chi connectivity index (χ2n) is 9.91. The molecule has 7 heteroatoms. The normalized spacial score (nSPS) is 24.9. The molecule has 0 aromatic carbocycles. The fourth-order valence-electron chi connectivity index (χ4n) is 5.59. The van der Waals surface area contributed by atoms with Crippen LogP contribution in [-0.2, 0) is 11.3 Å². The molecule has 7 nitrogen and oxygen atoms in total. The van der Waals surface area contributed by atoms with Gasteiger partial charge >= 0.3 is 0 Å². The Labute approximate surface area is 196 Å². The molecule has 1 heterocycles. The highest BCUT2D eigenvalue weighted by Crippen LogP contribution is 2.42. The molecule has 2 N–H and O–H groups in total. The van der Waals surface area contributed by atoms with E-state index in [9.17, 15) is 14.4 Å². The number of nitrogens with one attached hydrogen (secondary N) is 2. The van der Waals surface area contributed by atoms with Crippen LogP contribution in [0.1, 0.15) is 78.5 Å². The summed E-state index contributed by atoms with van der Waals surface area (Å²) in [6, 6.07) is 0.0768. The zero-order valence-electron chi connectivity index (χ0n) is 19.7. The standard InChI is InChI=1S/C26H37N3O4/c1-33-12-11-29-16-22(25(31)27-15-20-14-18-9-10-19(20)13-18)24(30)23(17-29)26(32)28-21-7-5-3-2-4-6-8-21/h9-10,16-21H,2-8,11-15H2,1H3,(H,27,31)(H,28,32)/t18-,19+,20-/m0/s1. The first-order valence-electron chi connectivity index (χ1n) is 12.6. The fraction of sp³-hybridized carbons (Fsp3) is 0.654. The highest BCUT2D eigenvalue weighted by Gasteiger charge is 2.35. The molecule has 3 aliphatic carbocycles. The van der Waals surface area contributed by atoms with Crippen LogP contribution >= 0.6 is 0 Å². The number of hydrogen-bond donors (Lipinski definition) is 2. The molecule has 0 saturated heterocycles. The number of allylic oxidation sites excluding steroid dienone is 2. The van der Waals surface area contributed by atoms with Crippen molar-refractivity contribution in [2.24, 2.45) is 17.8 Å². The third-order valence-corrected chi connectivity index (χ3v) is 7.50. The minimum absolute atomic E-state index is 0.0233. The molecule has 0 spiro atoms. The summed E-state index contributed by atoms with van der Waals surface area (Å²) in [5.41, 5.74) is -0.448. The smallest absolute Gasteiger partial charge is 0.256 e. The van der Waals surface area contributed by atoms with Crippen molar-refractivity contribution in [3.05, 3.63) is 45.9 Å². The van der Waals surface area contributed by atoms with Crippen molar-refractivity contribution in [1.82, 2.24) is 15.2 Å². The van der Waals surface area contributed by atoms with E-state index < -0.39 is 11.3 Å². The zero-order valence-corrected chi connectivity index (χ0v) is 19.7. The molecule has 2 saturated carbocycles. The Hall–Kier alpha value is -2.41. The number of rotatable bonds is 8. The van der Waals surface area contributed by atoms with Gasteiger partial charge < -0.3 is 19.9 Å². The molecular formula is C26H37N3O4. The molecule has 1 aromatic rings. The van der Waals surface area contributed by atoms with Gasteiger partial charge in [0.25, 0.3) is 11.8 Å². The second-order valence-corrected chi connectivity index (χ2v) is 9.91. The van der Waals surface area contributed by atoms with Crippen molar-refractivity contribution in [2.45, 2.75) is 70.4 Å². The first kappa shape index (κ1) is 23.7. The number of methoxy groups -OCH3 is 1. The van der Waals surface area contributed by atoms with Gasteiger partial charge in [0.15, 0.2) is 0 Å². The first-order chi connectivity index (χ1) is 16.0. The number of fused-ring (bicyclic) bond motifs is 2. The number of hydrogen-bond acceptors (Lipinski definition) is 4. The molecule has 3 atom stereocenters. The zero-order chi connectivity index (χ0) is 23.2. The lowest BCUT2D eigenvalue weighted by molar-refractivity contribution is 0.0928. The fourth-order valence-corrected chi connectivity index (χ4v) is 5.59. The molecule has 2 fully saturated rings. The van der Waals surface area contributed by atoms with E-state index in [2.05, 4.69) is 22.8 Å². The van der Waals surface area contributed by atoms with Gasteiger partial charge in [-0.25, -0.2) is 0 Å². The van der Waals surface area contributed by atoms with Crippen molar-refractivity contribution < 1.29 is 14.3 Å². The molecule has 33 heavy (non-hydrogen) atoms. The van der Waals surface area contributed by atoms with E-state index in [0.29, 0.717) is 37.5 Å². The van der Waals surface area contributed by atoms with Gasteiger partial charge in [-0.3, -0.25) is 14.4 Å². The maximum Gasteiger partial charge on any atom is 0.256 e. The Bertz CT molecular complexity index is 930. The predicted octanol–water partition coefficient (Wildman–Crippen LogP) is 3.28. The van der Waals surface area contributed by atoms with Crippen molar-refractivity contribution in [2.75, 3.05) is 20.3 Å². The van der Waals surface area contributed by atoms with Crippen LogP contribution in [0.25, 0.3) is 0 Å². The molecule has 0 radical (unpaired) electrons. The molecule has 0 unspecified atom stereocenters. The van der Waals surface area contributed by atoms with E-state index in [1.807, 2.05) is 0 Å². The van der Waals surface area contributed by atoms with Crippen LogP contribution in [-0.4, -0.2) is 42.7 Å². The van der Waals surface area contributed by atoms with Crippen LogP contribution in [0.2, 0.25) is 0 Å². The summed E-state index contributed by atoms with van der Waals surface area (Å²) < 4.78 is 6.88. The van der Waals surface area contributed by atoms with E-state index in [-0.39, 0.29) is 23.1 Å². The van der Waals surface area contributed by atoms with Crippen molar-refractivity contribution in [3.63, 3.8) is 0 Å². The molecule has 3 aliphatic rings. The lowest BCUT2D eigenvalue weighted by Gasteiger charge is -2.21. The van der Waals surface area contributed by atoms with Crippen molar-refractivity contribution in [1.29, 1.82) is 0 Å². The van der Waals surface area contributed by atoms with Gasteiger partial charge in [-0.2, -0.15) is 0 Å². The Balaban J connectivity index is 1.48. The predicted molar refractivity (Wildman–Crippen MR) is 127 cm³/mol. The summed E-state index contributed by atoms with van der Waals surface area (Å²) in [5, 5.41) is 6.03. The van der Waals surface area contributed by atoms with Crippen LogP contribution < -0.4 is 16.1 Å². The van der Waals surface area contributed by atoms with Crippen LogP contribution in [0.4, 0.5) is 0 Å². The third-order valence-electron chi connectivity index (χ3n) is 7.50. The first-order valence-corrected chi connectivity index (χ1v) is 12.6. The van der Waals surface area contributed by atoms with Crippen molar-refractivity contribution in [3.8, 4) is 0 Å². The number of pyridine rings is 1. The third kappa shape index (κ3) is 5.94. The van der Waals surface area contributed by atoms with Gasteiger partial charge in [0.1, 0.15) is 11.1 Å². The van der Waals surface area contributed by atoms with E-state index in [0.717, 1.165) is 32.1 Å². The minimum atomic E-state index is -0.502. The van der Waals surface area contributed by atoms with Crippen molar-refractivity contribution >= 4 is 11.8 Å². The van der Waals surface area contributed by atoms with Gasteiger partial charge in [-0.05, 0) is 43.4 Å². The lowest BCUT2D eigenvalue weighted by Crippen LogP contribution is -2.40. The quantitative estimate of drug-likeness (QED) is 0.589. The summed E-state index contributed by atoms with van der Waals surface area (Å²) in [6.45, 7) is 1.43. The van der Waals surface area contributed by atoms with Gasteiger partial charge in [0.2, 0.25) is 5.43 Å². The highest BCUT2D eigenvalue weighted by atomic mass is 16.5. The van der Waals surface area contributed by atoms with Gasteiger partial charge in [0.05, 0.1) is 6.61 Å². The monoisotopic (exact) mass is 455 g/mol. The summed E-state index contributed by atoms with van der Waals surface area (Å²) in [4.78, 5) is 39.3.